The highest BCUT2D eigenvalue weighted by atomic mass is 16.1. The predicted molar refractivity (Wildman–Crippen MR) is 126 cm³/mol. The zero-order chi connectivity index (χ0) is 22.1. The van der Waals surface area contributed by atoms with Gasteiger partial charge in [0.15, 0.2) is 0 Å². The number of anilines is 1. The number of carbonyl (C=O) groups is 1. The molecule has 8 nitrogen and oxygen atoms in total. The minimum atomic E-state index is 0.395. The van der Waals surface area contributed by atoms with E-state index in [1.165, 1.54) is 5.56 Å². The van der Waals surface area contributed by atoms with E-state index in [9.17, 15) is 4.79 Å². The summed E-state index contributed by atoms with van der Waals surface area (Å²) in [4.78, 5) is 15.4. The maximum atomic E-state index is 11.5. The van der Waals surface area contributed by atoms with Crippen LogP contribution in [0.1, 0.15) is 24.8 Å². The Kier molecular flexibility index (Phi) is 5.70. The van der Waals surface area contributed by atoms with E-state index in [0.717, 1.165) is 79.8 Å². The number of aromatic nitrogens is 2. The van der Waals surface area contributed by atoms with E-state index in [2.05, 4.69) is 38.8 Å². The molecule has 168 valence electrons. The number of amidine groups is 1. The van der Waals surface area contributed by atoms with Crippen LogP contribution in [0.3, 0.4) is 0 Å². The molecule has 1 saturated heterocycles. The Bertz CT molecular complexity index is 1050. The van der Waals surface area contributed by atoms with Crippen molar-refractivity contribution in [3.8, 4) is 11.1 Å². The minimum absolute atomic E-state index is 0.395. The summed E-state index contributed by atoms with van der Waals surface area (Å²) < 4.78 is 1.82. The Hall–Kier alpha value is -3.13. The van der Waals surface area contributed by atoms with Gasteiger partial charge in [-0.1, -0.05) is 6.07 Å². The largest absolute Gasteiger partial charge is 0.384 e. The topological polar surface area (TPSA) is 89.3 Å². The van der Waals surface area contributed by atoms with Crippen molar-refractivity contribution in [2.45, 2.75) is 31.7 Å². The average Bonchev–Trinajstić information content (AvgIpc) is 3.50. The molecule has 2 aromatic rings. The molecule has 1 fully saturated rings. The van der Waals surface area contributed by atoms with Crippen molar-refractivity contribution in [2.24, 2.45) is 7.05 Å². The molecule has 1 aromatic heterocycles. The van der Waals surface area contributed by atoms with E-state index < -0.39 is 0 Å². The molecule has 1 atom stereocenters. The van der Waals surface area contributed by atoms with Crippen molar-refractivity contribution in [3.05, 3.63) is 47.4 Å². The van der Waals surface area contributed by atoms with Gasteiger partial charge < -0.3 is 20.4 Å². The van der Waals surface area contributed by atoms with Gasteiger partial charge in [-0.25, -0.2) is 0 Å². The molecule has 3 aliphatic rings. The zero-order valence-electron chi connectivity index (χ0n) is 18.6. The monoisotopic (exact) mass is 433 g/mol. The zero-order valence-corrected chi connectivity index (χ0v) is 18.6. The van der Waals surface area contributed by atoms with Crippen molar-refractivity contribution in [2.75, 3.05) is 37.6 Å². The summed E-state index contributed by atoms with van der Waals surface area (Å²) in [6.45, 7) is 3.99. The summed E-state index contributed by atoms with van der Waals surface area (Å²) in [6.07, 6.45) is 8.70. The van der Waals surface area contributed by atoms with Crippen LogP contribution in [0, 0.1) is 5.41 Å². The maximum Gasteiger partial charge on any atom is 0.210 e. The summed E-state index contributed by atoms with van der Waals surface area (Å²) in [6, 6.07) is 6.89. The summed E-state index contributed by atoms with van der Waals surface area (Å²) in [7, 11) is 1.93. The maximum absolute atomic E-state index is 11.5. The van der Waals surface area contributed by atoms with Gasteiger partial charge in [-0.2, -0.15) is 5.10 Å². The smallest absolute Gasteiger partial charge is 0.210 e. The molecular weight excluding hydrogens is 402 g/mol. The first kappa shape index (κ1) is 20.8. The van der Waals surface area contributed by atoms with Gasteiger partial charge in [0.05, 0.1) is 12.7 Å². The van der Waals surface area contributed by atoms with E-state index in [-0.39, 0.29) is 0 Å². The first-order chi connectivity index (χ1) is 15.6. The van der Waals surface area contributed by atoms with Crippen molar-refractivity contribution in [1.82, 2.24) is 25.3 Å². The lowest BCUT2D eigenvalue weighted by molar-refractivity contribution is -0.117. The second-order valence-electron chi connectivity index (χ2n) is 8.97. The van der Waals surface area contributed by atoms with E-state index in [4.69, 9.17) is 5.41 Å². The lowest BCUT2D eigenvalue weighted by Gasteiger charge is -2.36. The Morgan fingerprint density at radius 3 is 2.94 bits per heavy atom. The third-order valence-electron chi connectivity index (χ3n) is 6.75. The standard InChI is InChI=1S/C24H31N7O/c1-29-14-19(12-27-29)17-4-5-23-18(11-17)3-2-9-31(23)24(25)21-15-30(16-32)10-7-22(21)28-20-6-8-26-13-20/h4-5,11-12,14,16,20,25-26,28H,2-3,6-10,13,15H2,1H3. The molecule has 3 aliphatic heterocycles. The summed E-state index contributed by atoms with van der Waals surface area (Å²) in [5.41, 5.74) is 6.70. The Morgan fingerprint density at radius 1 is 1.28 bits per heavy atom. The first-order valence-corrected chi connectivity index (χ1v) is 11.5. The van der Waals surface area contributed by atoms with Gasteiger partial charge in [0, 0.05) is 67.9 Å². The molecule has 4 heterocycles. The molecule has 1 unspecified atom stereocenters. The van der Waals surface area contributed by atoms with Crippen LogP contribution in [0.2, 0.25) is 0 Å². The lowest BCUT2D eigenvalue weighted by atomic mass is 9.95. The van der Waals surface area contributed by atoms with Crippen LogP contribution in [0.5, 0.6) is 0 Å². The van der Waals surface area contributed by atoms with Gasteiger partial charge >= 0.3 is 0 Å². The Morgan fingerprint density at radius 2 is 2.19 bits per heavy atom. The fourth-order valence-corrected chi connectivity index (χ4v) is 5.02. The number of nitrogens with zero attached hydrogens (tertiary/aromatic N) is 4. The number of hydrogen-bond donors (Lipinski definition) is 3. The molecule has 32 heavy (non-hydrogen) atoms. The number of amides is 1. The SMILES string of the molecule is Cn1cc(-c2ccc3c(c2)CCCN3C(=N)C2=C(NC3CCNC3)CCN(C=O)C2)cn1. The van der Waals surface area contributed by atoms with E-state index in [0.29, 0.717) is 25.0 Å². The van der Waals surface area contributed by atoms with E-state index in [1.54, 1.807) is 4.90 Å². The molecule has 5 rings (SSSR count). The van der Waals surface area contributed by atoms with Crippen LogP contribution in [0.25, 0.3) is 11.1 Å². The molecule has 0 saturated carbocycles. The highest BCUT2D eigenvalue weighted by molar-refractivity contribution is 6.09. The average molecular weight is 434 g/mol. The molecule has 8 heteroatoms. The van der Waals surface area contributed by atoms with E-state index in [1.807, 2.05) is 24.1 Å². The predicted octanol–water partition coefficient (Wildman–Crippen LogP) is 1.88. The molecule has 1 aromatic carbocycles. The van der Waals surface area contributed by atoms with Gasteiger partial charge in [0.1, 0.15) is 5.84 Å². The summed E-state index contributed by atoms with van der Waals surface area (Å²) in [5.74, 6) is 0.514. The summed E-state index contributed by atoms with van der Waals surface area (Å²) in [5, 5.41) is 20.5. The van der Waals surface area contributed by atoms with Gasteiger partial charge in [-0.3, -0.25) is 14.9 Å². The van der Waals surface area contributed by atoms with Gasteiger partial charge in [0.2, 0.25) is 6.41 Å². The fraction of sp³-hybridized carbons (Fsp3) is 0.458. The molecule has 3 N–H and O–H groups in total. The number of fused-ring (bicyclic) bond motifs is 1. The number of rotatable bonds is 5. The molecule has 1 amide bonds. The number of nitrogens with one attached hydrogen (secondary N) is 3. The van der Waals surface area contributed by atoms with Gasteiger partial charge in [-0.05, 0) is 49.1 Å². The normalized spacial score (nSPS) is 21.0. The second-order valence-corrected chi connectivity index (χ2v) is 8.97. The third kappa shape index (κ3) is 4.02. The van der Waals surface area contributed by atoms with E-state index >= 15 is 0 Å². The highest BCUT2D eigenvalue weighted by Crippen LogP contribution is 2.33. The van der Waals surface area contributed by atoms with Gasteiger partial charge in [-0.15, -0.1) is 0 Å². The van der Waals surface area contributed by atoms with Crippen molar-refractivity contribution in [3.63, 3.8) is 0 Å². The van der Waals surface area contributed by atoms with Crippen molar-refractivity contribution < 1.29 is 4.79 Å². The quantitative estimate of drug-likeness (QED) is 0.381. The van der Waals surface area contributed by atoms with Crippen molar-refractivity contribution in [1.29, 1.82) is 5.41 Å². The van der Waals surface area contributed by atoms with Crippen LogP contribution in [-0.2, 0) is 18.3 Å². The van der Waals surface area contributed by atoms with Gasteiger partial charge in [0.25, 0.3) is 0 Å². The summed E-state index contributed by atoms with van der Waals surface area (Å²) >= 11 is 0. The molecule has 0 radical (unpaired) electrons. The molecule has 0 aliphatic carbocycles. The van der Waals surface area contributed by atoms with Crippen LogP contribution in [-0.4, -0.2) is 65.7 Å². The number of carbonyl (C=O) groups excluding carboxylic acids is 1. The Labute approximate surface area is 188 Å². The minimum Gasteiger partial charge on any atom is -0.384 e. The van der Waals surface area contributed by atoms with Crippen LogP contribution in [0.15, 0.2) is 41.9 Å². The molecule has 0 bridgehead atoms. The van der Waals surface area contributed by atoms with Crippen LogP contribution < -0.4 is 15.5 Å². The molecular formula is C24H31N7O. The number of hydrogen-bond acceptors (Lipinski definition) is 5. The number of benzene rings is 1. The first-order valence-electron chi connectivity index (χ1n) is 11.5. The fourth-order valence-electron chi connectivity index (χ4n) is 5.02. The molecule has 0 spiro atoms. The van der Waals surface area contributed by atoms with Crippen LogP contribution in [0.4, 0.5) is 5.69 Å². The Balaban J connectivity index is 1.45. The third-order valence-corrected chi connectivity index (χ3v) is 6.75. The van der Waals surface area contributed by atoms with Crippen molar-refractivity contribution >= 4 is 17.9 Å². The number of aryl methyl sites for hydroxylation is 2. The highest BCUT2D eigenvalue weighted by Gasteiger charge is 2.29. The lowest BCUT2D eigenvalue weighted by Crippen LogP contribution is -2.44. The van der Waals surface area contributed by atoms with Crippen LogP contribution >= 0.6 is 0 Å². The second kappa shape index (κ2) is 8.78.